The molecule has 6 rings (SSSR count). The van der Waals surface area contributed by atoms with Gasteiger partial charge in [0.05, 0.1) is 29.0 Å². The molecule has 0 amide bonds. The monoisotopic (exact) mass is 450 g/mol. The van der Waals surface area contributed by atoms with E-state index >= 15 is 0 Å². The van der Waals surface area contributed by atoms with Crippen LogP contribution in [0, 0.1) is 12.7 Å². The van der Waals surface area contributed by atoms with Gasteiger partial charge in [0.2, 0.25) is 0 Å². The molecule has 5 heterocycles. The van der Waals surface area contributed by atoms with Gasteiger partial charge in [-0.3, -0.25) is 9.69 Å². The van der Waals surface area contributed by atoms with Crippen LogP contribution in [0.5, 0.6) is 0 Å². The number of aliphatic hydroxyl groups excluding tert-OH is 1. The molecule has 1 unspecified atom stereocenters. The zero-order chi connectivity index (χ0) is 22.9. The highest BCUT2D eigenvalue weighted by atomic mass is 19.1. The van der Waals surface area contributed by atoms with Crippen LogP contribution in [0.4, 0.5) is 4.39 Å². The number of piperazine rings is 1. The Morgan fingerprint density at radius 1 is 1.21 bits per heavy atom. The summed E-state index contributed by atoms with van der Waals surface area (Å²) in [6.45, 7) is 6.17. The van der Waals surface area contributed by atoms with Crippen molar-refractivity contribution in [2.45, 2.75) is 32.7 Å². The van der Waals surface area contributed by atoms with Gasteiger partial charge in [0.15, 0.2) is 6.10 Å². The van der Waals surface area contributed by atoms with Crippen LogP contribution < -0.4 is 10.9 Å². The van der Waals surface area contributed by atoms with Gasteiger partial charge in [-0.25, -0.2) is 14.2 Å². The maximum Gasteiger partial charge on any atom is 0.340 e. The summed E-state index contributed by atoms with van der Waals surface area (Å²) in [5, 5.41) is 14.6. The highest BCUT2D eigenvalue weighted by Gasteiger charge is 2.35. The molecule has 9 heteroatoms. The van der Waals surface area contributed by atoms with E-state index in [-0.39, 0.29) is 29.1 Å². The largest absolute Gasteiger partial charge is 0.458 e. The van der Waals surface area contributed by atoms with E-state index in [1.54, 1.807) is 17.6 Å². The number of aryl methyl sites for hydroxylation is 1. The van der Waals surface area contributed by atoms with Gasteiger partial charge in [0.1, 0.15) is 12.4 Å². The van der Waals surface area contributed by atoms with E-state index in [0.29, 0.717) is 35.6 Å². The molecular formula is C24H23FN4O4. The average Bonchev–Trinajstić information content (AvgIpc) is 3.17. The van der Waals surface area contributed by atoms with Crippen molar-refractivity contribution in [2.75, 3.05) is 26.2 Å². The molecule has 0 radical (unpaired) electrons. The fourth-order valence-corrected chi connectivity index (χ4v) is 5.11. The number of hydrogen-bond donors (Lipinski definition) is 2. The van der Waals surface area contributed by atoms with E-state index in [2.05, 4.69) is 10.2 Å². The molecule has 33 heavy (non-hydrogen) atoms. The smallest absolute Gasteiger partial charge is 0.340 e. The second-order valence-corrected chi connectivity index (χ2v) is 8.93. The van der Waals surface area contributed by atoms with Crippen LogP contribution in [-0.2, 0) is 29.2 Å². The molecule has 0 spiro atoms. The SMILES string of the molecule is Cc1cc2c(CN3CCNCC3)c3c(nc2cc1F)-c1cc2c(c(=O)n1C3)COC(=O)C2O. The van der Waals surface area contributed by atoms with Crippen molar-refractivity contribution in [1.82, 2.24) is 19.8 Å². The van der Waals surface area contributed by atoms with Crippen molar-refractivity contribution >= 4 is 16.9 Å². The first-order valence-electron chi connectivity index (χ1n) is 11.1. The van der Waals surface area contributed by atoms with Gasteiger partial charge >= 0.3 is 5.97 Å². The minimum absolute atomic E-state index is 0.159. The number of carbonyl (C=O) groups is 1. The maximum atomic E-state index is 14.5. The number of aliphatic hydroxyl groups is 1. The van der Waals surface area contributed by atoms with Gasteiger partial charge in [-0.2, -0.15) is 0 Å². The molecule has 8 nitrogen and oxygen atoms in total. The van der Waals surface area contributed by atoms with Crippen LogP contribution in [0.25, 0.3) is 22.3 Å². The normalized spacial score (nSPS) is 19.8. The lowest BCUT2D eigenvalue weighted by Crippen LogP contribution is -2.43. The molecule has 0 aliphatic carbocycles. The molecule has 3 aliphatic heterocycles. The third kappa shape index (κ3) is 3.11. The van der Waals surface area contributed by atoms with E-state index < -0.39 is 12.1 Å². The zero-order valence-corrected chi connectivity index (χ0v) is 18.2. The summed E-state index contributed by atoms with van der Waals surface area (Å²) in [5.41, 5.74) is 4.42. The Hall–Kier alpha value is -3.14. The number of aromatic nitrogens is 2. The topological polar surface area (TPSA) is 96.7 Å². The minimum Gasteiger partial charge on any atom is -0.458 e. The van der Waals surface area contributed by atoms with Crippen LogP contribution in [0.3, 0.4) is 0 Å². The first kappa shape index (κ1) is 20.5. The Labute approximate surface area is 188 Å². The number of pyridine rings is 2. The second kappa shape index (κ2) is 7.44. The number of fused-ring (bicyclic) bond motifs is 5. The Balaban J connectivity index is 1.58. The van der Waals surface area contributed by atoms with Crippen LogP contribution in [0.1, 0.15) is 33.9 Å². The van der Waals surface area contributed by atoms with Crippen LogP contribution in [0.2, 0.25) is 0 Å². The number of halogens is 1. The Kier molecular flexibility index (Phi) is 4.62. The third-order valence-electron chi connectivity index (χ3n) is 6.95. The summed E-state index contributed by atoms with van der Waals surface area (Å²) in [6, 6.07) is 4.94. The molecule has 2 aromatic heterocycles. The highest BCUT2D eigenvalue weighted by molar-refractivity contribution is 5.89. The highest BCUT2D eigenvalue weighted by Crippen LogP contribution is 2.38. The lowest BCUT2D eigenvalue weighted by Gasteiger charge is -2.28. The Morgan fingerprint density at radius 2 is 2.00 bits per heavy atom. The summed E-state index contributed by atoms with van der Waals surface area (Å²) >= 11 is 0. The summed E-state index contributed by atoms with van der Waals surface area (Å²) in [5.74, 6) is -1.10. The fourth-order valence-electron chi connectivity index (χ4n) is 5.11. The Bertz CT molecular complexity index is 1390. The van der Waals surface area contributed by atoms with E-state index in [1.807, 2.05) is 6.07 Å². The first-order valence-corrected chi connectivity index (χ1v) is 11.1. The molecule has 1 atom stereocenters. The summed E-state index contributed by atoms with van der Waals surface area (Å²) < 4.78 is 21.1. The van der Waals surface area contributed by atoms with Crippen molar-refractivity contribution in [2.24, 2.45) is 0 Å². The quantitative estimate of drug-likeness (QED) is 0.445. The predicted octanol–water partition coefficient (Wildman–Crippen LogP) is 1.37. The van der Waals surface area contributed by atoms with Crippen LogP contribution >= 0.6 is 0 Å². The number of carbonyl (C=O) groups excluding carboxylic acids is 1. The number of hydrogen-bond acceptors (Lipinski definition) is 7. The lowest BCUT2D eigenvalue weighted by molar-refractivity contribution is -0.157. The molecule has 3 aromatic rings. The molecule has 1 fully saturated rings. The van der Waals surface area contributed by atoms with Gasteiger partial charge in [-0.1, -0.05) is 0 Å². The second-order valence-electron chi connectivity index (χ2n) is 8.93. The van der Waals surface area contributed by atoms with E-state index in [1.165, 1.54) is 6.07 Å². The summed E-state index contributed by atoms with van der Waals surface area (Å²) in [6.07, 6.45) is -1.50. The van der Waals surface area contributed by atoms with Gasteiger partial charge in [0, 0.05) is 55.3 Å². The number of rotatable bonds is 2. The maximum absolute atomic E-state index is 14.5. The van der Waals surface area contributed by atoms with E-state index in [0.717, 1.165) is 42.7 Å². The van der Waals surface area contributed by atoms with Crippen molar-refractivity contribution in [1.29, 1.82) is 0 Å². The molecular weight excluding hydrogens is 427 g/mol. The van der Waals surface area contributed by atoms with E-state index in [4.69, 9.17) is 9.72 Å². The van der Waals surface area contributed by atoms with Crippen molar-refractivity contribution in [3.63, 3.8) is 0 Å². The third-order valence-corrected chi connectivity index (χ3v) is 6.95. The molecule has 0 bridgehead atoms. The Morgan fingerprint density at radius 3 is 2.79 bits per heavy atom. The fraction of sp³-hybridized carbons (Fsp3) is 0.375. The first-order chi connectivity index (χ1) is 15.9. The number of esters is 1. The average molecular weight is 450 g/mol. The molecule has 0 saturated carbocycles. The summed E-state index contributed by atoms with van der Waals surface area (Å²) in [4.78, 5) is 32.3. The van der Waals surface area contributed by atoms with Gasteiger partial charge in [0.25, 0.3) is 5.56 Å². The lowest BCUT2D eigenvalue weighted by atomic mass is 9.97. The minimum atomic E-state index is -1.50. The number of ether oxygens (including phenoxy) is 1. The van der Waals surface area contributed by atoms with Gasteiger partial charge in [-0.15, -0.1) is 0 Å². The van der Waals surface area contributed by atoms with Crippen LogP contribution in [-0.4, -0.2) is 51.7 Å². The standard InChI is InChI=1S/C24H23FN4O4/c1-12-6-13-15(9-28-4-2-26-3-5-28)16-10-29-20(21(16)27-19(13)8-18(12)25)7-14-17(23(29)31)11-33-24(32)22(14)30/h6-8,22,26,30H,2-5,9-11H2,1H3. The number of benzene rings is 1. The van der Waals surface area contributed by atoms with Gasteiger partial charge in [-0.05, 0) is 30.2 Å². The molecule has 2 N–H and O–H groups in total. The number of cyclic esters (lactones) is 1. The van der Waals surface area contributed by atoms with Crippen molar-refractivity contribution in [3.8, 4) is 11.4 Å². The van der Waals surface area contributed by atoms with Crippen molar-refractivity contribution in [3.05, 3.63) is 62.2 Å². The molecule has 1 saturated heterocycles. The molecule has 1 aromatic carbocycles. The predicted molar refractivity (Wildman–Crippen MR) is 118 cm³/mol. The van der Waals surface area contributed by atoms with Crippen LogP contribution in [0.15, 0.2) is 23.0 Å². The number of nitrogens with one attached hydrogen (secondary N) is 1. The number of nitrogens with zero attached hydrogens (tertiary/aromatic N) is 3. The van der Waals surface area contributed by atoms with Gasteiger partial charge < -0.3 is 19.7 Å². The summed E-state index contributed by atoms with van der Waals surface area (Å²) in [7, 11) is 0. The molecule has 3 aliphatic rings. The van der Waals surface area contributed by atoms with Crippen molar-refractivity contribution < 1.29 is 19.0 Å². The zero-order valence-electron chi connectivity index (χ0n) is 18.2. The van der Waals surface area contributed by atoms with E-state index in [9.17, 15) is 19.1 Å². The molecule has 170 valence electrons.